The van der Waals surface area contributed by atoms with Gasteiger partial charge >= 0.3 is 0 Å². The Morgan fingerprint density at radius 1 is 1.26 bits per heavy atom. The number of nitrogens with zero attached hydrogens (tertiary/aromatic N) is 2. The number of hydrogen-bond donors (Lipinski definition) is 3. The Kier molecular flexibility index (Phi) is 5.91. The number of benzene rings is 1. The first-order chi connectivity index (χ1) is 11.2. The highest BCUT2D eigenvalue weighted by Crippen LogP contribution is 2.27. The van der Waals surface area contributed by atoms with Gasteiger partial charge in [-0.3, -0.25) is 5.43 Å². The maximum atomic E-state index is 9.24. The summed E-state index contributed by atoms with van der Waals surface area (Å²) in [7, 11) is 2.16. The number of nitrogens with one attached hydrogen (secondary N) is 2. The maximum absolute atomic E-state index is 9.24. The number of hydrogen-bond acceptors (Lipinski definition) is 5. The number of aliphatic hydroxyl groups excluding tert-OH is 1. The van der Waals surface area contributed by atoms with E-state index in [0.717, 1.165) is 44.2 Å². The van der Waals surface area contributed by atoms with Gasteiger partial charge in [-0.2, -0.15) is 0 Å². The molecule has 0 bridgehead atoms. The molecule has 2 heterocycles. The summed E-state index contributed by atoms with van der Waals surface area (Å²) in [6.45, 7) is 5.53. The van der Waals surface area contributed by atoms with Gasteiger partial charge in [0.15, 0.2) is 0 Å². The summed E-state index contributed by atoms with van der Waals surface area (Å²) in [5.41, 5.74) is 8.00. The van der Waals surface area contributed by atoms with Crippen LogP contribution in [0.2, 0.25) is 5.02 Å². The zero-order valence-corrected chi connectivity index (χ0v) is 14.5. The summed E-state index contributed by atoms with van der Waals surface area (Å²) in [6.07, 6.45) is 0.856. The molecule has 2 fully saturated rings. The third-order valence-electron chi connectivity index (χ3n) is 5.14. The Morgan fingerprint density at radius 2 is 2.04 bits per heavy atom. The molecule has 3 unspecified atom stereocenters. The molecule has 23 heavy (non-hydrogen) atoms. The van der Waals surface area contributed by atoms with Gasteiger partial charge < -0.3 is 14.9 Å². The van der Waals surface area contributed by atoms with E-state index in [1.165, 1.54) is 5.56 Å². The monoisotopic (exact) mass is 338 g/mol. The highest BCUT2D eigenvalue weighted by atomic mass is 35.5. The van der Waals surface area contributed by atoms with Crippen molar-refractivity contribution in [2.75, 3.05) is 46.4 Å². The molecule has 0 saturated carbocycles. The van der Waals surface area contributed by atoms with Gasteiger partial charge in [0.1, 0.15) is 0 Å². The topological polar surface area (TPSA) is 50.8 Å². The van der Waals surface area contributed by atoms with Gasteiger partial charge in [-0.15, -0.1) is 0 Å². The van der Waals surface area contributed by atoms with Crippen LogP contribution in [0.1, 0.15) is 18.0 Å². The predicted octanol–water partition coefficient (Wildman–Crippen LogP) is 1.10. The van der Waals surface area contributed by atoms with Crippen LogP contribution in [0.5, 0.6) is 0 Å². The van der Waals surface area contributed by atoms with E-state index < -0.39 is 0 Å². The van der Waals surface area contributed by atoms with Gasteiger partial charge in [0, 0.05) is 56.3 Å². The van der Waals surface area contributed by atoms with E-state index >= 15 is 0 Å². The average Bonchev–Trinajstić information content (AvgIpc) is 3.00. The number of halogens is 1. The van der Waals surface area contributed by atoms with E-state index in [1.807, 2.05) is 12.1 Å². The summed E-state index contributed by atoms with van der Waals surface area (Å²) in [6, 6.07) is 8.92. The second-order valence-electron chi connectivity index (χ2n) is 6.72. The van der Waals surface area contributed by atoms with Gasteiger partial charge in [0.2, 0.25) is 0 Å². The Labute approximate surface area is 143 Å². The first kappa shape index (κ1) is 17.1. The van der Waals surface area contributed by atoms with Gasteiger partial charge in [-0.1, -0.05) is 23.7 Å². The number of piperazine rings is 1. The second kappa shape index (κ2) is 7.92. The predicted molar refractivity (Wildman–Crippen MR) is 93.4 cm³/mol. The Bertz CT molecular complexity index is 498. The summed E-state index contributed by atoms with van der Waals surface area (Å²) < 4.78 is 0. The van der Waals surface area contributed by atoms with E-state index in [0.29, 0.717) is 18.0 Å². The minimum Gasteiger partial charge on any atom is -0.396 e. The molecule has 2 aliphatic heterocycles. The van der Waals surface area contributed by atoms with Crippen molar-refractivity contribution in [2.45, 2.75) is 18.5 Å². The molecule has 0 radical (unpaired) electrons. The van der Waals surface area contributed by atoms with Crippen molar-refractivity contribution in [3.05, 3.63) is 34.9 Å². The van der Waals surface area contributed by atoms with E-state index in [2.05, 4.69) is 39.8 Å². The van der Waals surface area contributed by atoms with Crippen LogP contribution in [0.15, 0.2) is 24.3 Å². The van der Waals surface area contributed by atoms with Crippen LogP contribution >= 0.6 is 11.6 Å². The van der Waals surface area contributed by atoms with Crippen LogP contribution in [-0.2, 0) is 0 Å². The minimum atomic E-state index is 0.267. The lowest BCUT2D eigenvalue weighted by Gasteiger charge is -2.40. The van der Waals surface area contributed by atoms with Crippen LogP contribution in [-0.4, -0.2) is 67.3 Å². The maximum Gasteiger partial charge on any atom is 0.0515 e. The smallest absolute Gasteiger partial charge is 0.0515 e. The zero-order valence-electron chi connectivity index (χ0n) is 13.7. The van der Waals surface area contributed by atoms with Crippen LogP contribution in [0, 0.1) is 5.92 Å². The molecule has 2 aliphatic rings. The zero-order chi connectivity index (χ0) is 16.2. The van der Waals surface area contributed by atoms with E-state index in [1.54, 1.807) is 0 Å². The quantitative estimate of drug-likeness (QED) is 0.751. The van der Waals surface area contributed by atoms with Gasteiger partial charge in [-0.25, -0.2) is 5.43 Å². The highest BCUT2D eigenvalue weighted by Gasteiger charge is 2.32. The molecule has 0 aromatic heterocycles. The van der Waals surface area contributed by atoms with Crippen LogP contribution in [0.25, 0.3) is 0 Å². The molecular formula is C17H27ClN4O. The number of aliphatic hydroxyl groups is 1. The lowest BCUT2D eigenvalue weighted by Crippen LogP contribution is -2.53. The molecule has 3 atom stereocenters. The lowest BCUT2D eigenvalue weighted by molar-refractivity contribution is 0.0685. The molecule has 128 valence electrons. The number of likely N-dealkylation sites (N-methyl/N-ethyl adjacent to an activating group) is 1. The summed E-state index contributed by atoms with van der Waals surface area (Å²) in [5, 5.41) is 10.0. The third kappa shape index (κ3) is 4.24. The fourth-order valence-electron chi connectivity index (χ4n) is 3.70. The van der Waals surface area contributed by atoms with Gasteiger partial charge in [-0.05, 0) is 31.2 Å². The molecular weight excluding hydrogens is 312 g/mol. The van der Waals surface area contributed by atoms with Crippen molar-refractivity contribution in [1.82, 2.24) is 20.7 Å². The molecule has 1 aromatic carbocycles. The first-order valence-corrected chi connectivity index (χ1v) is 8.82. The largest absolute Gasteiger partial charge is 0.396 e. The van der Waals surface area contributed by atoms with Crippen molar-refractivity contribution in [3.63, 3.8) is 0 Å². The molecule has 3 rings (SSSR count). The molecule has 0 spiro atoms. The minimum absolute atomic E-state index is 0.267. The summed E-state index contributed by atoms with van der Waals surface area (Å²) >= 11 is 6.00. The normalized spacial score (nSPS) is 30.0. The molecule has 2 saturated heterocycles. The van der Waals surface area contributed by atoms with Gasteiger partial charge in [0.25, 0.3) is 0 Å². The molecule has 0 amide bonds. The van der Waals surface area contributed by atoms with Crippen LogP contribution in [0.3, 0.4) is 0 Å². The second-order valence-corrected chi connectivity index (χ2v) is 7.16. The van der Waals surface area contributed by atoms with Gasteiger partial charge in [0.05, 0.1) is 6.04 Å². The van der Waals surface area contributed by atoms with Crippen molar-refractivity contribution in [3.8, 4) is 0 Å². The lowest BCUT2D eigenvalue weighted by atomic mass is 9.94. The van der Waals surface area contributed by atoms with Crippen molar-refractivity contribution in [2.24, 2.45) is 5.92 Å². The SMILES string of the molecule is CN1CCN(CC2CNNC2c2ccc(Cl)cc2)CC1CCO. The van der Waals surface area contributed by atoms with E-state index in [9.17, 15) is 5.11 Å². The van der Waals surface area contributed by atoms with E-state index in [4.69, 9.17) is 11.6 Å². The number of rotatable bonds is 5. The van der Waals surface area contributed by atoms with Crippen LogP contribution in [0.4, 0.5) is 0 Å². The highest BCUT2D eigenvalue weighted by molar-refractivity contribution is 6.30. The summed E-state index contributed by atoms with van der Waals surface area (Å²) in [5.74, 6) is 0.536. The Hall–Kier alpha value is -0.690. The van der Waals surface area contributed by atoms with E-state index in [-0.39, 0.29) is 6.61 Å². The molecule has 5 nitrogen and oxygen atoms in total. The first-order valence-electron chi connectivity index (χ1n) is 8.44. The Balaban J connectivity index is 1.61. The molecule has 1 aromatic rings. The van der Waals surface area contributed by atoms with Crippen molar-refractivity contribution in [1.29, 1.82) is 0 Å². The third-order valence-corrected chi connectivity index (χ3v) is 5.39. The fraction of sp³-hybridized carbons (Fsp3) is 0.647. The standard InChI is InChI=1S/C17H27ClN4O/c1-21-7-8-22(12-16(21)6-9-23)11-14-10-19-20-17(14)13-2-4-15(18)5-3-13/h2-5,14,16-17,19-20,23H,6-12H2,1H3. The molecule has 0 aliphatic carbocycles. The average molecular weight is 339 g/mol. The Morgan fingerprint density at radius 3 is 2.78 bits per heavy atom. The van der Waals surface area contributed by atoms with Crippen LogP contribution < -0.4 is 10.9 Å². The summed E-state index contributed by atoms with van der Waals surface area (Å²) in [4.78, 5) is 4.91. The molecule has 3 N–H and O–H groups in total. The fourth-order valence-corrected chi connectivity index (χ4v) is 3.83. The molecule has 6 heteroatoms. The van der Waals surface area contributed by atoms with Crippen molar-refractivity contribution >= 4 is 11.6 Å². The number of hydrazine groups is 1. The van der Waals surface area contributed by atoms with Crippen molar-refractivity contribution < 1.29 is 5.11 Å².